The van der Waals surface area contributed by atoms with Gasteiger partial charge < -0.3 is 4.90 Å². The third-order valence-corrected chi connectivity index (χ3v) is 4.44. The Morgan fingerprint density at radius 2 is 2.44 bits per heavy atom. The van der Waals surface area contributed by atoms with E-state index in [9.17, 15) is 4.79 Å². The molecule has 0 aliphatic carbocycles. The number of carbonyl (C=O) groups is 1. The standard InChI is InChI=1S/C14H20N2OS/c1-2-3-4-7-13(17)16-9-10-18-14(16)12-6-5-8-15-11-12/h5-6,8,11,14H,2-4,7,9-10H2,1H3/t14-/m1/s1. The largest absolute Gasteiger partial charge is 0.326 e. The summed E-state index contributed by atoms with van der Waals surface area (Å²) in [4.78, 5) is 18.4. The minimum Gasteiger partial charge on any atom is -0.326 e. The SMILES string of the molecule is CCCCCC(=O)N1CCS[C@@H]1c1cccnc1. The Kier molecular flexibility index (Phi) is 5.05. The molecule has 0 unspecified atom stereocenters. The molecular weight excluding hydrogens is 244 g/mol. The molecule has 0 saturated carbocycles. The van der Waals surface area contributed by atoms with Gasteiger partial charge in [-0.05, 0) is 12.5 Å². The van der Waals surface area contributed by atoms with Crippen LogP contribution < -0.4 is 0 Å². The number of hydrogen-bond acceptors (Lipinski definition) is 3. The number of pyridine rings is 1. The quantitative estimate of drug-likeness (QED) is 0.765. The molecule has 2 rings (SSSR count). The van der Waals surface area contributed by atoms with E-state index < -0.39 is 0 Å². The summed E-state index contributed by atoms with van der Waals surface area (Å²) in [5, 5.41) is 0.174. The van der Waals surface area contributed by atoms with Crippen molar-refractivity contribution >= 4 is 17.7 Å². The second kappa shape index (κ2) is 6.78. The summed E-state index contributed by atoms with van der Waals surface area (Å²) in [6.07, 6.45) is 7.64. The fourth-order valence-corrected chi connectivity index (χ4v) is 3.45. The molecule has 98 valence electrons. The molecule has 1 atom stereocenters. The van der Waals surface area contributed by atoms with E-state index in [2.05, 4.69) is 18.0 Å². The fourth-order valence-electron chi connectivity index (χ4n) is 2.19. The van der Waals surface area contributed by atoms with E-state index in [4.69, 9.17) is 0 Å². The molecule has 1 aliphatic rings. The lowest BCUT2D eigenvalue weighted by Gasteiger charge is -2.23. The molecule has 1 saturated heterocycles. The Morgan fingerprint density at radius 1 is 1.56 bits per heavy atom. The van der Waals surface area contributed by atoms with Gasteiger partial charge in [0.15, 0.2) is 0 Å². The predicted octanol–water partition coefficient (Wildman–Crippen LogP) is 3.24. The van der Waals surface area contributed by atoms with E-state index in [1.54, 1.807) is 6.20 Å². The highest BCUT2D eigenvalue weighted by molar-refractivity contribution is 7.99. The summed E-state index contributed by atoms with van der Waals surface area (Å²) in [6.45, 7) is 3.03. The molecule has 3 nitrogen and oxygen atoms in total. The zero-order valence-electron chi connectivity index (χ0n) is 10.8. The van der Waals surface area contributed by atoms with Crippen LogP contribution in [0.2, 0.25) is 0 Å². The van der Waals surface area contributed by atoms with E-state index in [1.165, 1.54) is 0 Å². The molecule has 0 radical (unpaired) electrons. The Bertz CT molecular complexity index is 383. The van der Waals surface area contributed by atoms with Gasteiger partial charge in [-0.15, -0.1) is 11.8 Å². The third kappa shape index (κ3) is 3.25. The van der Waals surface area contributed by atoms with E-state index in [0.717, 1.165) is 37.1 Å². The topological polar surface area (TPSA) is 33.2 Å². The van der Waals surface area contributed by atoms with Crippen molar-refractivity contribution in [3.63, 3.8) is 0 Å². The van der Waals surface area contributed by atoms with Gasteiger partial charge in [0.05, 0.1) is 0 Å². The Hall–Kier alpha value is -1.03. The van der Waals surface area contributed by atoms with Crippen molar-refractivity contribution in [1.29, 1.82) is 0 Å². The summed E-state index contributed by atoms with van der Waals surface area (Å²) in [5.74, 6) is 1.32. The maximum atomic E-state index is 12.2. The first-order chi connectivity index (χ1) is 8.83. The van der Waals surface area contributed by atoms with Crippen molar-refractivity contribution in [3.05, 3.63) is 30.1 Å². The second-order valence-electron chi connectivity index (χ2n) is 4.55. The van der Waals surface area contributed by atoms with Crippen LogP contribution in [0.15, 0.2) is 24.5 Å². The molecule has 0 aromatic carbocycles. The van der Waals surface area contributed by atoms with Crippen molar-refractivity contribution < 1.29 is 4.79 Å². The first-order valence-corrected chi connectivity index (χ1v) is 7.69. The van der Waals surface area contributed by atoms with Gasteiger partial charge >= 0.3 is 0 Å². The van der Waals surface area contributed by atoms with E-state index in [1.807, 2.05) is 28.9 Å². The van der Waals surface area contributed by atoms with Crippen LogP contribution in [-0.4, -0.2) is 28.1 Å². The smallest absolute Gasteiger partial charge is 0.223 e. The number of amides is 1. The molecular formula is C14H20N2OS. The second-order valence-corrected chi connectivity index (χ2v) is 5.74. The molecule has 0 N–H and O–H groups in total. The maximum Gasteiger partial charge on any atom is 0.223 e. The van der Waals surface area contributed by atoms with E-state index >= 15 is 0 Å². The van der Waals surface area contributed by atoms with Crippen LogP contribution in [0.1, 0.15) is 43.5 Å². The van der Waals surface area contributed by atoms with Gasteiger partial charge in [0.1, 0.15) is 5.37 Å². The molecule has 1 fully saturated rings. The predicted molar refractivity (Wildman–Crippen MR) is 75.3 cm³/mol. The minimum atomic E-state index is 0.174. The molecule has 1 aliphatic heterocycles. The van der Waals surface area contributed by atoms with Gasteiger partial charge in [0.25, 0.3) is 0 Å². The number of nitrogens with zero attached hydrogens (tertiary/aromatic N) is 2. The van der Waals surface area contributed by atoms with Crippen LogP contribution >= 0.6 is 11.8 Å². The van der Waals surface area contributed by atoms with Crippen molar-refractivity contribution in [2.24, 2.45) is 0 Å². The summed E-state index contributed by atoms with van der Waals surface area (Å²) in [6, 6.07) is 4.00. The van der Waals surface area contributed by atoms with Crippen molar-refractivity contribution in [3.8, 4) is 0 Å². The molecule has 0 spiro atoms. The average Bonchev–Trinajstić information content (AvgIpc) is 2.89. The average molecular weight is 264 g/mol. The normalized spacial score (nSPS) is 19.2. The number of carbonyl (C=O) groups excluding carboxylic acids is 1. The van der Waals surface area contributed by atoms with Crippen molar-refractivity contribution in [2.75, 3.05) is 12.3 Å². The summed E-state index contributed by atoms with van der Waals surface area (Å²) >= 11 is 1.84. The molecule has 1 aromatic heterocycles. The molecule has 4 heteroatoms. The van der Waals surface area contributed by atoms with Crippen LogP contribution in [0.25, 0.3) is 0 Å². The van der Waals surface area contributed by atoms with Gasteiger partial charge in [-0.3, -0.25) is 9.78 Å². The fraction of sp³-hybridized carbons (Fsp3) is 0.571. The lowest BCUT2D eigenvalue weighted by Crippen LogP contribution is -2.30. The van der Waals surface area contributed by atoms with Crippen LogP contribution in [0.5, 0.6) is 0 Å². The first kappa shape index (κ1) is 13.4. The number of hydrogen-bond donors (Lipinski definition) is 0. The van der Waals surface area contributed by atoms with Crippen LogP contribution in [0.4, 0.5) is 0 Å². The van der Waals surface area contributed by atoms with Crippen LogP contribution in [0.3, 0.4) is 0 Å². The van der Waals surface area contributed by atoms with Gasteiger partial charge in [-0.2, -0.15) is 0 Å². The molecule has 2 heterocycles. The van der Waals surface area contributed by atoms with Crippen LogP contribution in [-0.2, 0) is 4.79 Å². The molecule has 0 bridgehead atoms. The number of aromatic nitrogens is 1. The van der Waals surface area contributed by atoms with E-state index in [-0.39, 0.29) is 5.37 Å². The zero-order chi connectivity index (χ0) is 12.8. The highest BCUT2D eigenvalue weighted by Crippen LogP contribution is 2.37. The summed E-state index contributed by atoms with van der Waals surface area (Å²) in [7, 11) is 0. The van der Waals surface area contributed by atoms with Gasteiger partial charge in [-0.1, -0.05) is 25.8 Å². The monoisotopic (exact) mass is 264 g/mol. The number of rotatable bonds is 5. The van der Waals surface area contributed by atoms with Gasteiger partial charge in [0.2, 0.25) is 5.91 Å². The van der Waals surface area contributed by atoms with Gasteiger partial charge in [-0.25, -0.2) is 0 Å². The molecule has 1 amide bonds. The lowest BCUT2D eigenvalue weighted by atomic mass is 10.2. The number of thioether (sulfide) groups is 1. The number of unbranched alkanes of at least 4 members (excludes halogenated alkanes) is 2. The van der Waals surface area contributed by atoms with E-state index in [0.29, 0.717) is 12.3 Å². The van der Waals surface area contributed by atoms with Crippen LogP contribution in [0, 0.1) is 0 Å². The lowest BCUT2D eigenvalue weighted by molar-refractivity contribution is -0.131. The zero-order valence-corrected chi connectivity index (χ0v) is 11.7. The maximum absolute atomic E-state index is 12.2. The third-order valence-electron chi connectivity index (χ3n) is 3.18. The summed E-state index contributed by atoms with van der Waals surface area (Å²) in [5.41, 5.74) is 1.14. The van der Waals surface area contributed by atoms with Crippen molar-refractivity contribution in [1.82, 2.24) is 9.88 Å². The van der Waals surface area contributed by atoms with Crippen molar-refractivity contribution in [2.45, 2.75) is 38.0 Å². The Morgan fingerprint density at radius 3 is 3.17 bits per heavy atom. The minimum absolute atomic E-state index is 0.174. The highest BCUT2D eigenvalue weighted by atomic mass is 32.2. The molecule has 1 aromatic rings. The molecule has 18 heavy (non-hydrogen) atoms. The highest BCUT2D eigenvalue weighted by Gasteiger charge is 2.30. The van der Waals surface area contributed by atoms with Gasteiger partial charge in [0, 0.05) is 36.7 Å². The summed E-state index contributed by atoms with van der Waals surface area (Å²) < 4.78 is 0. The first-order valence-electron chi connectivity index (χ1n) is 6.64. The Labute approximate surface area is 113 Å². The Balaban J connectivity index is 1.97.